The van der Waals surface area contributed by atoms with Crippen molar-refractivity contribution < 1.29 is 42.8 Å². The van der Waals surface area contributed by atoms with Crippen LogP contribution in [0.3, 0.4) is 0 Å². The van der Waals surface area contributed by atoms with Gasteiger partial charge in [-0.1, -0.05) is 242 Å². The van der Waals surface area contributed by atoms with Crippen LogP contribution in [0, 0.1) is 7.43 Å². The van der Waals surface area contributed by atoms with Crippen molar-refractivity contribution in [2.45, 2.75) is 34.5 Å². The molecule has 22 aromatic carbocycles. The van der Waals surface area contributed by atoms with E-state index < -0.39 is 26.5 Å². The van der Waals surface area contributed by atoms with E-state index in [0.717, 1.165) is 16.8 Å². The van der Waals surface area contributed by atoms with Gasteiger partial charge in [0.25, 0.3) is 0 Å². The van der Waals surface area contributed by atoms with Crippen molar-refractivity contribution in [2.75, 3.05) is 9.80 Å². The molecule has 0 atom stereocenters. The van der Waals surface area contributed by atoms with Gasteiger partial charge < -0.3 is 12.5 Å². The fourth-order valence-electron chi connectivity index (χ4n) is 19.1. The summed E-state index contributed by atoms with van der Waals surface area (Å²) in [5.74, 6) is 14.7. The Kier molecular flexibility index (Phi) is 25.9. The second-order valence-corrected chi connectivity index (χ2v) is 56.3. The minimum Gasteiger partial charge on any atom is -0.871 e. The summed E-state index contributed by atoms with van der Waals surface area (Å²) in [5.41, 5.74) is 20.1. The van der Waals surface area contributed by atoms with E-state index in [1.165, 1.54) is 201 Å². The van der Waals surface area contributed by atoms with Crippen LogP contribution in [0.25, 0.3) is 174 Å². The van der Waals surface area contributed by atoms with Gasteiger partial charge in [-0.15, -0.1) is 0 Å². The van der Waals surface area contributed by atoms with Crippen molar-refractivity contribution in [3.63, 3.8) is 0 Å². The molecular weight excluding hydrogens is 1680 g/mol. The Morgan fingerprint density at radius 1 is 0.246 bits per heavy atom. The molecule has 0 amide bonds. The molecule has 0 fully saturated rings. The second-order valence-electron chi connectivity index (χ2n) is 35.0. The Morgan fingerprint density at radius 3 is 0.962 bits per heavy atom. The van der Waals surface area contributed by atoms with Gasteiger partial charge in [-0.05, 0) is 174 Å². The zero-order valence-corrected chi connectivity index (χ0v) is 79.2. The predicted molar refractivity (Wildman–Crippen MR) is 562 cm³/mol. The standard InChI is InChI=1S/C64H40.C46H44Ge2N2.C9H7NO.CH3.BH.B.2Li/c1-2-16-43(17-3-1)61-53-20-8-10-22-55(53)62(56-23-11-9-21-54(56)61)51-33-30-46-36-47(28-29-48(46)39-51)49-34-35-59-60(40-49)64(52-32-27-42-15-5-7-19-45(42)38-52)58-25-13-12-24-57(58)63(59)50-31-26-41-14-4-6-18-44(41)37-50;1-47(2,3)35-21-25-39(26-22-35)49(37-13-9-7-10-14-37)43-31-19-33-18-30-42-44(32-20-34-17-29-41(43)45(33)46(34)42)50(38-15-11-8-12-16-38)40-27-23-36(24-28-40)48(4,5)6;11-8-5-1-3-7-4-2-6-10-9(7)8;;;;;/h1-40H;7-32H,1-6H3;1-6,11H;1H3;1H;;;/q;;;-1;;;2*+1/p-1/i;;;;1D;;;. The third kappa shape index (κ3) is 17.0. The smallest absolute Gasteiger partial charge is 0.871 e. The number of hydrogen-bond donors (Lipinski definition) is 0. The van der Waals surface area contributed by atoms with Crippen LogP contribution in [0.1, 0.15) is 0 Å². The first-order chi connectivity index (χ1) is 62.2. The number of pyridine rings is 1. The topological polar surface area (TPSA) is 42.4 Å². The number of para-hydroxylation sites is 3. The zero-order chi connectivity index (χ0) is 86.4. The van der Waals surface area contributed by atoms with Crippen molar-refractivity contribution >= 4 is 205 Å². The summed E-state index contributed by atoms with van der Waals surface area (Å²) in [6.07, 6.45) is 1.63. The summed E-state index contributed by atoms with van der Waals surface area (Å²) in [5, 5.41) is 37.2. The molecule has 0 bridgehead atoms. The average Bonchev–Trinajstić information content (AvgIpc) is 0.736. The van der Waals surface area contributed by atoms with Crippen LogP contribution in [0.2, 0.25) is 34.5 Å². The third-order valence-electron chi connectivity index (χ3n) is 25.3. The minimum atomic E-state index is -1.97. The van der Waals surface area contributed by atoms with Gasteiger partial charge in [0.1, 0.15) is 0 Å². The Morgan fingerprint density at radius 2 is 0.538 bits per heavy atom. The van der Waals surface area contributed by atoms with Gasteiger partial charge in [0.05, 0.1) is 5.52 Å². The molecule has 611 valence electrons. The molecule has 5 radical (unpaired) electrons. The molecule has 4 nitrogen and oxygen atoms in total. The molecule has 0 saturated carbocycles. The first-order valence-corrected chi connectivity index (χ1v) is 58.0. The minimum absolute atomic E-state index is 0. The van der Waals surface area contributed by atoms with Crippen molar-refractivity contribution in [1.29, 1.82) is 1.34 Å². The summed E-state index contributed by atoms with van der Waals surface area (Å²) in [6, 6.07) is 158. The first kappa shape index (κ1) is 88.9. The van der Waals surface area contributed by atoms with Crippen molar-refractivity contribution in [3.05, 3.63) is 444 Å². The molecule has 23 rings (SSSR count). The summed E-state index contributed by atoms with van der Waals surface area (Å²) >= 11 is -3.93. The van der Waals surface area contributed by atoms with Crippen LogP contribution < -0.4 is 61.4 Å². The van der Waals surface area contributed by atoms with E-state index >= 15 is 0 Å². The molecule has 0 aliphatic heterocycles. The summed E-state index contributed by atoms with van der Waals surface area (Å²) in [6.45, 7) is 0. The number of fused-ring (bicyclic) bond motifs is 8. The normalized spacial score (nSPS) is 11.4. The molecule has 0 unspecified atom stereocenters. The maximum atomic E-state index is 11.1. The van der Waals surface area contributed by atoms with E-state index in [4.69, 9.17) is 1.34 Å². The van der Waals surface area contributed by atoms with E-state index in [-0.39, 0.29) is 59.3 Å². The van der Waals surface area contributed by atoms with Crippen LogP contribution in [0.5, 0.6) is 5.75 Å². The van der Waals surface area contributed by atoms with Gasteiger partial charge in [0.2, 0.25) is 0 Å². The second kappa shape index (κ2) is 37.9. The van der Waals surface area contributed by atoms with Crippen LogP contribution >= 0.6 is 0 Å². The van der Waals surface area contributed by atoms with E-state index in [2.05, 4.69) is 458 Å². The number of nitrogens with zero attached hydrogens (tertiary/aromatic N) is 3. The van der Waals surface area contributed by atoms with Gasteiger partial charge in [-0.25, -0.2) is 0 Å². The molecular formula is C120H94B2Ge2Li2N3O. The maximum Gasteiger partial charge on any atom is 1.00 e. The van der Waals surface area contributed by atoms with Crippen molar-refractivity contribution in [2.24, 2.45) is 0 Å². The molecule has 130 heavy (non-hydrogen) atoms. The van der Waals surface area contributed by atoms with E-state index in [9.17, 15) is 5.11 Å². The molecule has 0 saturated heterocycles. The molecule has 23 aromatic rings. The number of anilines is 6. The van der Waals surface area contributed by atoms with Crippen molar-refractivity contribution in [3.8, 4) is 61.4 Å². The zero-order valence-electron chi connectivity index (χ0n) is 76.0. The van der Waals surface area contributed by atoms with Gasteiger partial charge in [0.15, 0.2) is 0 Å². The predicted octanol–water partition coefficient (Wildman–Crippen LogP) is 25.4. The molecule has 0 spiro atoms. The van der Waals surface area contributed by atoms with Gasteiger partial charge in [0, 0.05) is 23.0 Å². The van der Waals surface area contributed by atoms with Gasteiger partial charge >= 0.3 is 342 Å². The Hall–Kier alpha value is -13.1. The molecule has 0 aliphatic carbocycles. The van der Waals surface area contributed by atoms with E-state index in [0.29, 0.717) is 5.52 Å². The van der Waals surface area contributed by atoms with Crippen LogP contribution in [-0.4, -0.2) is 49.6 Å². The number of benzene rings is 22. The SMILES string of the molecule is [2H][B].[B].[CH3-].[CH3][Ge]([CH3])([CH3])[c]1ccc(N(c2ccccc2)c2ccc3ccc4c(N(c5ccccc5)c5cc[c]([Ge]([CH3])([CH3])[CH3])cc5)ccc5ccc2c3c54)cc1.[Li+].[Li+].[O-]c1cccc2cccnc12.c1ccc(-c2c3ccccc3c(-c3ccc4cc(-c5ccc6c(-c7ccc8ccccc8c7)c7ccccc7c(-c7ccc8ccccc8c7)c6c5)ccc4c3)c3ccccc23)cc1. The molecule has 0 aliphatic rings. The van der Waals surface area contributed by atoms with Crippen molar-refractivity contribution in [1.82, 2.24) is 4.98 Å². The molecule has 10 heteroatoms. The van der Waals surface area contributed by atoms with E-state index in [1.807, 2.05) is 18.2 Å². The van der Waals surface area contributed by atoms with Crippen LogP contribution in [-0.2, 0) is 0 Å². The Bertz CT molecular complexity index is 7860. The largest absolute Gasteiger partial charge is 1.00 e. The first-order valence-electron chi connectivity index (χ1n) is 43.9. The maximum absolute atomic E-state index is 11.1. The third-order valence-corrected chi connectivity index (χ3v) is 33.9. The van der Waals surface area contributed by atoms with Crippen LogP contribution in [0.4, 0.5) is 34.1 Å². The summed E-state index contributed by atoms with van der Waals surface area (Å²) < 4.78 is 8.28. The Labute approximate surface area is 796 Å². The van der Waals surface area contributed by atoms with Gasteiger partial charge in [-0.3, -0.25) is 4.98 Å². The monoisotopic (exact) mass is 1780 g/mol. The van der Waals surface area contributed by atoms with E-state index in [1.54, 1.807) is 12.3 Å². The number of aromatic nitrogens is 1. The number of hydrogen-bond acceptors (Lipinski definition) is 4. The number of rotatable bonds is 13. The molecule has 1 heterocycles. The summed E-state index contributed by atoms with van der Waals surface area (Å²) in [4.78, 5) is 8.84. The fourth-order valence-corrected chi connectivity index (χ4v) is 24.0. The van der Waals surface area contributed by atoms with Gasteiger partial charge in [-0.2, -0.15) is 0 Å². The average molecular weight is 1780 g/mol. The summed E-state index contributed by atoms with van der Waals surface area (Å²) in [7, 11) is 3.75. The fraction of sp³-hybridized carbons (Fsp3) is 0.0500. The van der Waals surface area contributed by atoms with Crippen LogP contribution in [0.15, 0.2) is 437 Å². The molecule has 1 aromatic heterocycles. The molecule has 0 N–H and O–H groups in total. The Balaban J connectivity index is 0.000000167. The quantitative estimate of drug-likeness (QED) is 0.0499.